The highest BCUT2D eigenvalue weighted by Gasteiger charge is 2.11. The molecular formula is C20H21NO4. The van der Waals surface area contributed by atoms with Crippen LogP contribution in [0.3, 0.4) is 0 Å². The molecule has 1 aromatic heterocycles. The third-order valence-corrected chi connectivity index (χ3v) is 4.07. The molecule has 0 aliphatic rings. The van der Waals surface area contributed by atoms with Gasteiger partial charge in [0.25, 0.3) is 0 Å². The number of ether oxygens (including phenoxy) is 1. The van der Waals surface area contributed by atoms with E-state index in [1.807, 2.05) is 44.2 Å². The molecule has 130 valence electrons. The summed E-state index contributed by atoms with van der Waals surface area (Å²) in [5.74, 6) is 0.911. The molecule has 5 heteroatoms. The van der Waals surface area contributed by atoms with Crippen LogP contribution >= 0.6 is 0 Å². The molecule has 25 heavy (non-hydrogen) atoms. The van der Waals surface area contributed by atoms with Gasteiger partial charge in [-0.05, 0) is 42.7 Å². The average molecular weight is 339 g/mol. The molecule has 1 heterocycles. The van der Waals surface area contributed by atoms with E-state index in [2.05, 4.69) is 5.32 Å². The zero-order valence-corrected chi connectivity index (χ0v) is 14.3. The lowest BCUT2D eigenvalue weighted by atomic mass is 10.0. The fourth-order valence-corrected chi connectivity index (χ4v) is 2.82. The van der Waals surface area contributed by atoms with Crippen molar-refractivity contribution in [3.63, 3.8) is 0 Å². The number of anilines is 1. The van der Waals surface area contributed by atoms with Crippen molar-refractivity contribution in [1.29, 1.82) is 0 Å². The van der Waals surface area contributed by atoms with Crippen LogP contribution in [0.25, 0.3) is 11.0 Å². The Hall–Kier alpha value is -2.95. The molecular weight excluding hydrogens is 318 g/mol. The highest BCUT2D eigenvalue weighted by molar-refractivity contribution is 5.83. The van der Waals surface area contributed by atoms with Gasteiger partial charge in [0.05, 0.1) is 12.3 Å². The summed E-state index contributed by atoms with van der Waals surface area (Å²) in [5.41, 5.74) is 2.44. The first-order valence-corrected chi connectivity index (χ1v) is 8.36. The van der Waals surface area contributed by atoms with E-state index >= 15 is 0 Å². The molecule has 0 amide bonds. The molecule has 2 aromatic carbocycles. The van der Waals surface area contributed by atoms with Gasteiger partial charge in [-0.15, -0.1) is 0 Å². The number of hydrogen-bond acceptors (Lipinski definition) is 5. The van der Waals surface area contributed by atoms with Gasteiger partial charge in [-0.3, -0.25) is 0 Å². The Balaban J connectivity index is 1.97. The molecule has 2 N–H and O–H groups in total. The summed E-state index contributed by atoms with van der Waals surface area (Å²) in [6.45, 7) is 4.93. The van der Waals surface area contributed by atoms with E-state index in [-0.39, 0.29) is 5.75 Å². The Morgan fingerprint density at radius 3 is 2.68 bits per heavy atom. The zero-order chi connectivity index (χ0) is 17.8. The van der Waals surface area contributed by atoms with Crippen LogP contribution in [0.1, 0.15) is 25.0 Å². The summed E-state index contributed by atoms with van der Waals surface area (Å²) in [6.07, 6.45) is 0.695. The van der Waals surface area contributed by atoms with Crippen molar-refractivity contribution in [2.45, 2.75) is 26.8 Å². The van der Waals surface area contributed by atoms with Gasteiger partial charge in [0.1, 0.15) is 17.1 Å². The molecule has 0 unspecified atom stereocenters. The van der Waals surface area contributed by atoms with Crippen LogP contribution in [0.4, 0.5) is 5.69 Å². The number of nitrogens with one attached hydrogen (secondary N) is 1. The summed E-state index contributed by atoms with van der Waals surface area (Å²) in [6, 6.07) is 12.5. The second-order valence-electron chi connectivity index (χ2n) is 5.70. The number of hydrogen-bond donors (Lipinski definition) is 2. The van der Waals surface area contributed by atoms with Crippen LogP contribution in [0, 0.1) is 0 Å². The molecule has 0 bridgehead atoms. The van der Waals surface area contributed by atoms with Gasteiger partial charge in [0.15, 0.2) is 0 Å². The van der Waals surface area contributed by atoms with Gasteiger partial charge in [-0.1, -0.05) is 19.1 Å². The monoisotopic (exact) mass is 339 g/mol. The normalized spacial score (nSPS) is 10.8. The van der Waals surface area contributed by atoms with Crippen LogP contribution in [-0.4, -0.2) is 11.7 Å². The quantitative estimate of drug-likeness (QED) is 0.662. The van der Waals surface area contributed by atoms with Crippen LogP contribution in [0.15, 0.2) is 51.7 Å². The van der Waals surface area contributed by atoms with Crippen molar-refractivity contribution in [2.75, 3.05) is 11.9 Å². The SMILES string of the molecule is CCOc1ccccc1NCc1cc(=O)oc2cc(O)c(CC)cc12. The molecule has 5 nitrogen and oxygen atoms in total. The average Bonchev–Trinajstić information content (AvgIpc) is 2.60. The third kappa shape index (κ3) is 3.60. The van der Waals surface area contributed by atoms with Crippen molar-refractivity contribution in [3.05, 3.63) is 64.0 Å². The zero-order valence-electron chi connectivity index (χ0n) is 14.3. The lowest BCUT2D eigenvalue weighted by Gasteiger charge is -2.13. The third-order valence-electron chi connectivity index (χ3n) is 4.07. The van der Waals surface area contributed by atoms with Gasteiger partial charge in [0.2, 0.25) is 0 Å². The summed E-state index contributed by atoms with van der Waals surface area (Å²) in [5, 5.41) is 14.1. The fourth-order valence-electron chi connectivity index (χ4n) is 2.82. The first kappa shape index (κ1) is 16.9. The van der Waals surface area contributed by atoms with Gasteiger partial charge in [-0.2, -0.15) is 0 Å². The Labute approximate surface area is 145 Å². The summed E-state index contributed by atoms with van der Waals surface area (Å²) in [4.78, 5) is 11.9. The van der Waals surface area contributed by atoms with Crippen LogP contribution in [0.5, 0.6) is 11.5 Å². The van der Waals surface area contributed by atoms with Crippen LogP contribution < -0.4 is 15.7 Å². The molecule has 0 aliphatic carbocycles. The van der Waals surface area contributed by atoms with Crippen LogP contribution in [-0.2, 0) is 13.0 Å². The number of rotatable bonds is 6. The smallest absolute Gasteiger partial charge is 0.336 e. The number of phenolic OH excluding ortho intramolecular Hbond substituents is 1. The van der Waals surface area contributed by atoms with E-state index < -0.39 is 5.63 Å². The molecule has 3 rings (SSSR count). The number of aryl methyl sites for hydroxylation is 1. The Morgan fingerprint density at radius 1 is 1.12 bits per heavy atom. The van der Waals surface area contributed by atoms with Crippen molar-refractivity contribution in [2.24, 2.45) is 0 Å². The first-order chi connectivity index (χ1) is 12.1. The van der Waals surface area contributed by atoms with E-state index in [0.29, 0.717) is 25.2 Å². The van der Waals surface area contributed by atoms with Gasteiger partial charge in [0, 0.05) is 24.1 Å². The summed E-state index contributed by atoms with van der Waals surface area (Å²) >= 11 is 0. The molecule has 0 fully saturated rings. The predicted octanol–water partition coefficient (Wildman–Crippen LogP) is 4.07. The molecule has 0 saturated heterocycles. The van der Waals surface area contributed by atoms with Crippen molar-refractivity contribution < 1.29 is 14.3 Å². The fraction of sp³-hybridized carbons (Fsp3) is 0.250. The number of phenols is 1. The Kier molecular flexibility index (Phi) is 4.93. The highest BCUT2D eigenvalue weighted by Crippen LogP contribution is 2.28. The molecule has 0 atom stereocenters. The Bertz CT molecular complexity index is 946. The lowest BCUT2D eigenvalue weighted by molar-refractivity contribution is 0.341. The maximum Gasteiger partial charge on any atom is 0.336 e. The Morgan fingerprint density at radius 2 is 1.92 bits per heavy atom. The minimum absolute atomic E-state index is 0.143. The number of aromatic hydroxyl groups is 1. The topological polar surface area (TPSA) is 71.7 Å². The van der Waals surface area contributed by atoms with E-state index in [1.54, 1.807) is 0 Å². The molecule has 0 radical (unpaired) electrons. The van der Waals surface area contributed by atoms with E-state index in [0.717, 1.165) is 28.0 Å². The van der Waals surface area contributed by atoms with E-state index in [9.17, 15) is 9.90 Å². The molecule has 0 aliphatic heterocycles. The predicted molar refractivity (Wildman–Crippen MR) is 98.5 cm³/mol. The minimum Gasteiger partial charge on any atom is -0.508 e. The number of benzene rings is 2. The molecule has 0 saturated carbocycles. The lowest BCUT2D eigenvalue weighted by Crippen LogP contribution is -2.07. The summed E-state index contributed by atoms with van der Waals surface area (Å²) < 4.78 is 10.8. The van der Waals surface area contributed by atoms with E-state index in [4.69, 9.17) is 9.15 Å². The van der Waals surface area contributed by atoms with Crippen molar-refractivity contribution in [3.8, 4) is 11.5 Å². The molecule has 3 aromatic rings. The van der Waals surface area contributed by atoms with Crippen molar-refractivity contribution in [1.82, 2.24) is 0 Å². The molecule has 0 spiro atoms. The second kappa shape index (κ2) is 7.30. The second-order valence-corrected chi connectivity index (χ2v) is 5.70. The first-order valence-electron chi connectivity index (χ1n) is 8.36. The minimum atomic E-state index is -0.439. The van der Waals surface area contributed by atoms with Gasteiger partial charge < -0.3 is 19.6 Å². The largest absolute Gasteiger partial charge is 0.508 e. The standard InChI is InChI=1S/C20H21NO4/c1-3-13-9-15-14(10-20(23)25-19(15)11-17(13)22)12-21-16-7-5-6-8-18(16)24-4-2/h5-11,21-22H,3-4,12H2,1-2H3. The maximum atomic E-state index is 11.9. The highest BCUT2D eigenvalue weighted by atomic mass is 16.5. The van der Waals surface area contributed by atoms with Crippen molar-refractivity contribution >= 4 is 16.7 Å². The van der Waals surface area contributed by atoms with Gasteiger partial charge in [-0.25, -0.2) is 4.79 Å². The van der Waals surface area contributed by atoms with Gasteiger partial charge >= 0.3 is 5.63 Å². The summed E-state index contributed by atoms with van der Waals surface area (Å²) in [7, 11) is 0. The maximum absolute atomic E-state index is 11.9. The van der Waals surface area contributed by atoms with E-state index in [1.165, 1.54) is 12.1 Å². The van der Waals surface area contributed by atoms with Crippen LogP contribution in [0.2, 0.25) is 0 Å². The number of para-hydroxylation sites is 2. The number of fused-ring (bicyclic) bond motifs is 1.